The van der Waals surface area contributed by atoms with Crippen LogP contribution in [0, 0.1) is 5.82 Å². The minimum Gasteiger partial charge on any atom is -0.351 e. The van der Waals surface area contributed by atoms with Gasteiger partial charge in [-0.25, -0.2) is 4.39 Å². The average Bonchev–Trinajstić information content (AvgIpc) is 2.88. The van der Waals surface area contributed by atoms with Crippen molar-refractivity contribution in [2.45, 2.75) is 37.6 Å². The lowest BCUT2D eigenvalue weighted by atomic mass is 9.72. The highest BCUT2D eigenvalue weighted by molar-refractivity contribution is 6.31. The molecular formula is C28H28ClFN2O2. The van der Waals surface area contributed by atoms with E-state index in [-0.39, 0.29) is 17.6 Å². The number of benzene rings is 3. The van der Waals surface area contributed by atoms with Gasteiger partial charge in [0.2, 0.25) is 11.8 Å². The molecule has 3 aromatic carbocycles. The smallest absolute Gasteiger partial charge is 0.231 e. The molecule has 1 heterocycles. The molecule has 0 aliphatic carbocycles. The maximum Gasteiger partial charge on any atom is 0.231 e. The van der Waals surface area contributed by atoms with Gasteiger partial charge in [0.1, 0.15) is 5.82 Å². The summed E-state index contributed by atoms with van der Waals surface area (Å²) >= 11 is 6.27. The van der Waals surface area contributed by atoms with E-state index in [2.05, 4.69) is 5.32 Å². The standard InChI is InChI=1S/C28H28ClFN2O2/c29-25-9-5-4-6-22(25)20-31-27(34)28(23-7-2-1-3-8-23)16-18-32(19-17-28)26(33)15-12-21-10-13-24(30)14-11-21/h1-11,13-14H,12,15-20H2,(H,31,34). The molecule has 34 heavy (non-hydrogen) atoms. The first-order valence-corrected chi connectivity index (χ1v) is 12.0. The second-order valence-electron chi connectivity index (χ2n) is 8.73. The van der Waals surface area contributed by atoms with Gasteiger partial charge in [0.15, 0.2) is 0 Å². The summed E-state index contributed by atoms with van der Waals surface area (Å²) in [5.41, 5.74) is 2.07. The molecule has 6 heteroatoms. The molecule has 0 aromatic heterocycles. The van der Waals surface area contributed by atoms with Gasteiger partial charge in [0.25, 0.3) is 0 Å². The third kappa shape index (κ3) is 5.48. The van der Waals surface area contributed by atoms with Gasteiger partial charge in [-0.05, 0) is 54.2 Å². The van der Waals surface area contributed by atoms with Crippen LogP contribution in [0.5, 0.6) is 0 Å². The van der Waals surface area contributed by atoms with E-state index in [1.807, 2.05) is 59.5 Å². The quantitative estimate of drug-likeness (QED) is 0.501. The van der Waals surface area contributed by atoms with Crippen LogP contribution in [-0.4, -0.2) is 29.8 Å². The van der Waals surface area contributed by atoms with E-state index in [9.17, 15) is 14.0 Å². The fraction of sp³-hybridized carbons (Fsp3) is 0.286. The molecule has 0 unspecified atom stereocenters. The molecule has 0 bridgehead atoms. The van der Waals surface area contributed by atoms with E-state index in [4.69, 9.17) is 11.6 Å². The maximum absolute atomic E-state index is 13.5. The number of amides is 2. The Labute approximate surface area is 204 Å². The molecule has 0 spiro atoms. The predicted octanol–water partition coefficient (Wildman–Crippen LogP) is 5.29. The van der Waals surface area contributed by atoms with Gasteiger partial charge in [0, 0.05) is 31.1 Å². The fourth-order valence-corrected chi connectivity index (χ4v) is 4.79. The lowest BCUT2D eigenvalue weighted by Crippen LogP contribution is -2.52. The number of hydrogen-bond acceptors (Lipinski definition) is 2. The molecule has 2 amide bonds. The predicted molar refractivity (Wildman–Crippen MR) is 132 cm³/mol. The number of aryl methyl sites for hydroxylation is 1. The van der Waals surface area contributed by atoms with Crippen molar-refractivity contribution in [1.82, 2.24) is 10.2 Å². The Balaban J connectivity index is 1.42. The average molecular weight is 479 g/mol. The summed E-state index contributed by atoms with van der Waals surface area (Å²) in [6.45, 7) is 1.38. The number of carbonyl (C=O) groups is 2. The number of nitrogens with zero attached hydrogens (tertiary/aromatic N) is 1. The van der Waals surface area contributed by atoms with Gasteiger partial charge in [-0.1, -0.05) is 72.3 Å². The van der Waals surface area contributed by atoms with Crippen molar-refractivity contribution >= 4 is 23.4 Å². The van der Waals surface area contributed by atoms with Crippen molar-refractivity contribution in [1.29, 1.82) is 0 Å². The molecule has 1 aliphatic heterocycles. The van der Waals surface area contributed by atoms with Gasteiger partial charge in [-0.15, -0.1) is 0 Å². The summed E-state index contributed by atoms with van der Waals surface area (Å²) in [5, 5.41) is 3.71. The van der Waals surface area contributed by atoms with Crippen molar-refractivity contribution in [3.8, 4) is 0 Å². The van der Waals surface area contributed by atoms with Crippen LogP contribution in [0.4, 0.5) is 4.39 Å². The van der Waals surface area contributed by atoms with Crippen LogP contribution in [0.15, 0.2) is 78.9 Å². The first-order valence-electron chi connectivity index (χ1n) is 11.6. The molecule has 176 valence electrons. The van der Waals surface area contributed by atoms with Crippen LogP contribution >= 0.6 is 11.6 Å². The summed E-state index contributed by atoms with van der Waals surface area (Å²) in [5.74, 6) is -0.268. The number of carbonyl (C=O) groups excluding carboxylic acids is 2. The van der Waals surface area contributed by atoms with Crippen molar-refractivity contribution in [3.63, 3.8) is 0 Å². The summed E-state index contributed by atoms with van der Waals surface area (Å²) in [6, 6.07) is 23.5. The summed E-state index contributed by atoms with van der Waals surface area (Å²) in [6.07, 6.45) is 2.03. The SMILES string of the molecule is O=C(CCc1ccc(F)cc1)N1CCC(C(=O)NCc2ccccc2Cl)(c2ccccc2)CC1. The third-order valence-electron chi connectivity index (χ3n) is 6.67. The Morgan fingerprint density at radius 3 is 2.24 bits per heavy atom. The number of halogens is 2. The number of likely N-dealkylation sites (tertiary alicyclic amines) is 1. The first-order chi connectivity index (χ1) is 16.5. The van der Waals surface area contributed by atoms with Crippen LogP contribution in [0.1, 0.15) is 36.0 Å². The molecule has 3 aromatic rings. The zero-order chi connectivity index (χ0) is 24.0. The Morgan fingerprint density at radius 1 is 0.912 bits per heavy atom. The van der Waals surface area contributed by atoms with Crippen molar-refractivity contribution in [3.05, 3.63) is 106 Å². The van der Waals surface area contributed by atoms with Crippen molar-refractivity contribution < 1.29 is 14.0 Å². The lowest BCUT2D eigenvalue weighted by Gasteiger charge is -2.41. The monoisotopic (exact) mass is 478 g/mol. The van der Waals surface area contributed by atoms with E-state index < -0.39 is 5.41 Å². The van der Waals surface area contributed by atoms with Gasteiger partial charge < -0.3 is 10.2 Å². The van der Waals surface area contributed by atoms with Crippen LogP contribution in [0.25, 0.3) is 0 Å². The Morgan fingerprint density at radius 2 is 1.56 bits per heavy atom. The highest BCUT2D eigenvalue weighted by Gasteiger charge is 2.43. The summed E-state index contributed by atoms with van der Waals surface area (Å²) < 4.78 is 13.1. The molecule has 1 fully saturated rings. The van der Waals surface area contributed by atoms with Crippen LogP contribution in [-0.2, 0) is 28.0 Å². The zero-order valence-electron chi connectivity index (χ0n) is 19.0. The minimum atomic E-state index is -0.698. The molecule has 1 saturated heterocycles. The molecular weight excluding hydrogens is 451 g/mol. The Hall–Kier alpha value is -3.18. The molecule has 1 N–H and O–H groups in total. The van der Waals surface area contributed by atoms with Crippen molar-refractivity contribution in [2.75, 3.05) is 13.1 Å². The van der Waals surface area contributed by atoms with E-state index >= 15 is 0 Å². The topological polar surface area (TPSA) is 49.4 Å². The minimum absolute atomic E-state index is 0.0444. The normalized spacial score (nSPS) is 15.1. The molecule has 1 aliphatic rings. The van der Waals surface area contributed by atoms with Gasteiger partial charge in [-0.2, -0.15) is 0 Å². The fourth-order valence-electron chi connectivity index (χ4n) is 4.59. The molecule has 0 saturated carbocycles. The molecule has 0 radical (unpaired) electrons. The van der Waals surface area contributed by atoms with Gasteiger partial charge in [-0.3, -0.25) is 9.59 Å². The van der Waals surface area contributed by atoms with Gasteiger partial charge >= 0.3 is 0 Å². The highest BCUT2D eigenvalue weighted by atomic mass is 35.5. The van der Waals surface area contributed by atoms with E-state index in [1.54, 1.807) is 12.1 Å². The molecule has 0 atom stereocenters. The van der Waals surface area contributed by atoms with Gasteiger partial charge in [0.05, 0.1) is 5.41 Å². The lowest BCUT2D eigenvalue weighted by molar-refractivity contribution is -0.137. The summed E-state index contributed by atoms with van der Waals surface area (Å²) in [7, 11) is 0. The third-order valence-corrected chi connectivity index (χ3v) is 7.04. The second kappa shape index (κ2) is 10.8. The molecule has 4 nitrogen and oxygen atoms in total. The summed E-state index contributed by atoms with van der Waals surface area (Å²) in [4.78, 5) is 28.2. The van der Waals surface area contributed by atoms with Crippen molar-refractivity contribution in [2.24, 2.45) is 0 Å². The van der Waals surface area contributed by atoms with Crippen LogP contribution in [0.2, 0.25) is 5.02 Å². The number of piperidine rings is 1. The van der Waals surface area contributed by atoms with E-state index in [0.717, 1.165) is 16.7 Å². The van der Waals surface area contributed by atoms with Crippen LogP contribution in [0.3, 0.4) is 0 Å². The number of hydrogen-bond donors (Lipinski definition) is 1. The first kappa shape index (κ1) is 24.0. The maximum atomic E-state index is 13.5. The largest absolute Gasteiger partial charge is 0.351 e. The van der Waals surface area contributed by atoms with E-state index in [0.29, 0.717) is 50.3 Å². The zero-order valence-corrected chi connectivity index (χ0v) is 19.7. The second-order valence-corrected chi connectivity index (χ2v) is 9.14. The Bertz CT molecular complexity index is 1130. The van der Waals surface area contributed by atoms with Crippen LogP contribution < -0.4 is 5.32 Å². The number of rotatable bonds is 7. The van der Waals surface area contributed by atoms with E-state index in [1.165, 1.54) is 12.1 Å². The molecule has 4 rings (SSSR count). The highest BCUT2D eigenvalue weighted by Crippen LogP contribution is 2.36. The Kier molecular flexibility index (Phi) is 7.63. The number of nitrogens with one attached hydrogen (secondary N) is 1.